The van der Waals surface area contributed by atoms with Gasteiger partial charge >= 0.3 is 12.0 Å². The molecule has 0 saturated carbocycles. The van der Waals surface area contributed by atoms with Crippen LogP contribution in [0.2, 0.25) is 0 Å². The molecule has 1 unspecified atom stereocenters. The van der Waals surface area contributed by atoms with E-state index in [1.807, 2.05) is 60.3 Å². The summed E-state index contributed by atoms with van der Waals surface area (Å²) in [6.45, 7) is 5.73. The Morgan fingerprint density at radius 3 is 2.40 bits per heavy atom. The van der Waals surface area contributed by atoms with Crippen LogP contribution in [0.5, 0.6) is 5.75 Å². The molecule has 0 fully saturated rings. The summed E-state index contributed by atoms with van der Waals surface area (Å²) in [7, 11) is 0. The molecule has 9 heteroatoms. The number of unbranched alkanes of at least 4 members (excludes halogenated alkanes) is 1. The number of nitrogens with zero attached hydrogens (tertiary/aromatic N) is 1. The van der Waals surface area contributed by atoms with E-state index in [9.17, 15) is 14.7 Å². The SMILES string of the molecule is CCCCSCCN(CCOc1ccc(CC(OCC)C(=O)O)cc1)C(=O)Nc1ccc(Br)cc1. The lowest BCUT2D eigenvalue weighted by Crippen LogP contribution is -2.39. The molecule has 192 valence electrons. The maximum Gasteiger partial charge on any atom is 0.333 e. The number of benzene rings is 2. The zero-order valence-electron chi connectivity index (χ0n) is 20.4. The van der Waals surface area contributed by atoms with E-state index in [-0.39, 0.29) is 6.03 Å². The topological polar surface area (TPSA) is 88.1 Å². The number of amides is 2. The quantitative estimate of drug-likeness (QED) is 0.245. The number of carbonyl (C=O) groups excluding carboxylic acids is 1. The van der Waals surface area contributed by atoms with Crippen LogP contribution in [0, 0.1) is 0 Å². The summed E-state index contributed by atoms with van der Waals surface area (Å²) in [5.41, 5.74) is 1.60. The molecule has 0 aliphatic heterocycles. The van der Waals surface area contributed by atoms with E-state index in [1.165, 1.54) is 6.42 Å². The summed E-state index contributed by atoms with van der Waals surface area (Å²) in [5, 5.41) is 12.2. The smallest absolute Gasteiger partial charge is 0.333 e. The van der Waals surface area contributed by atoms with Crippen molar-refractivity contribution < 1.29 is 24.2 Å². The number of halogens is 1. The zero-order valence-corrected chi connectivity index (χ0v) is 22.8. The van der Waals surface area contributed by atoms with Crippen LogP contribution in [0.4, 0.5) is 10.5 Å². The van der Waals surface area contributed by atoms with Crippen molar-refractivity contribution in [1.29, 1.82) is 0 Å². The number of hydrogen-bond donors (Lipinski definition) is 2. The summed E-state index contributed by atoms with van der Waals surface area (Å²) in [6, 6.07) is 14.6. The molecular formula is C26H35BrN2O5S. The third-order valence-corrected chi connectivity index (χ3v) is 6.73. The number of carboxylic acids is 1. The maximum atomic E-state index is 12.9. The minimum Gasteiger partial charge on any atom is -0.492 e. The molecule has 0 radical (unpaired) electrons. The Morgan fingerprint density at radius 2 is 1.77 bits per heavy atom. The molecule has 0 aliphatic rings. The standard InChI is InChI=1S/C26H35BrN2O5S/c1-3-5-17-35-18-15-29(26(32)28-22-10-8-21(27)9-11-22)14-16-34-23-12-6-20(7-13-23)19-24(25(30)31)33-4-2/h6-13,24H,3-5,14-19H2,1-2H3,(H,28,32)(H,30,31). The number of thioether (sulfide) groups is 1. The van der Waals surface area contributed by atoms with Gasteiger partial charge in [0.25, 0.3) is 0 Å². The second kappa shape index (κ2) is 16.4. The molecule has 2 aromatic carbocycles. The number of aliphatic carboxylic acids is 1. The van der Waals surface area contributed by atoms with Crippen molar-refractivity contribution in [3.05, 3.63) is 58.6 Å². The fraction of sp³-hybridized carbons (Fsp3) is 0.462. The molecule has 0 heterocycles. The van der Waals surface area contributed by atoms with Crippen LogP contribution in [0.15, 0.2) is 53.0 Å². The number of carboxylic acid groups (broad SMARTS) is 1. The first-order chi connectivity index (χ1) is 16.9. The van der Waals surface area contributed by atoms with Crippen molar-refractivity contribution in [3.8, 4) is 5.75 Å². The zero-order chi connectivity index (χ0) is 25.5. The number of ether oxygens (including phenoxy) is 2. The van der Waals surface area contributed by atoms with E-state index in [0.717, 1.165) is 33.7 Å². The van der Waals surface area contributed by atoms with Gasteiger partial charge in [0.05, 0.1) is 6.54 Å². The van der Waals surface area contributed by atoms with Gasteiger partial charge in [-0.3, -0.25) is 0 Å². The van der Waals surface area contributed by atoms with E-state index in [1.54, 1.807) is 11.8 Å². The van der Waals surface area contributed by atoms with E-state index >= 15 is 0 Å². The highest BCUT2D eigenvalue weighted by Crippen LogP contribution is 2.16. The molecule has 2 rings (SSSR count). The highest BCUT2D eigenvalue weighted by Gasteiger charge is 2.18. The minimum absolute atomic E-state index is 0.155. The van der Waals surface area contributed by atoms with Crippen molar-refractivity contribution >= 4 is 45.4 Å². The lowest BCUT2D eigenvalue weighted by molar-refractivity contribution is -0.149. The van der Waals surface area contributed by atoms with Crippen molar-refractivity contribution in [2.45, 2.75) is 39.2 Å². The van der Waals surface area contributed by atoms with Gasteiger partial charge in [-0.05, 0) is 61.1 Å². The lowest BCUT2D eigenvalue weighted by atomic mass is 10.1. The van der Waals surface area contributed by atoms with Crippen LogP contribution >= 0.6 is 27.7 Å². The fourth-order valence-electron chi connectivity index (χ4n) is 3.20. The van der Waals surface area contributed by atoms with Gasteiger partial charge in [-0.2, -0.15) is 11.8 Å². The van der Waals surface area contributed by atoms with Gasteiger partial charge in [0, 0.05) is 35.5 Å². The van der Waals surface area contributed by atoms with Gasteiger partial charge in [0.15, 0.2) is 6.10 Å². The second-order valence-electron chi connectivity index (χ2n) is 7.87. The summed E-state index contributed by atoms with van der Waals surface area (Å²) in [4.78, 5) is 26.0. The van der Waals surface area contributed by atoms with Crippen LogP contribution < -0.4 is 10.1 Å². The molecule has 2 N–H and O–H groups in total. The molecule has 0 spiro atoms. The summed E-state index contributed by atoms with van der Waals surface area (Å²) >= 11 is 5.26. The van der Waals surface area contributed by atoms with Gasteiger partial charge in [0.1, 0.15) is 12.4 Å². The van der Waals surface area contributed by atoms with Gasteiger partial charge in [-0.15, -0.1) is 0 Å². The van der Waals surface area contributed by atoms with Crippen LogP contribution in [-0.4, -0.2) is 65.9 Å². The minimum atomic E-state index is -0.971. The Bertz CT molecular complexity index is 896. The summed E-state index contributed by atoms with van der Waals surface area (Å²) in [6.07, 6.45) is 1.77. The highest BCUT2D eigenvalue weighted by atomic mass is 79.9. The van der Waals surface area contributed by atoms with Crippen LogP contribution in [0.3, 0.4) is 0 Å². The molecule has 7 nitrogen and oxygen atoms in total. The third kappa shape index (κ3) is 11.4. The Hall–Kier alpha value is -2.23. The number of nitrogens with one attached hydrogen (secondary N) is 1. The number of carbonyl (C=O) groups is 2. The van der Waals surface area contributed by atoms with E-state index in [4.69, 9.17) is 9.47 Å². The molecule has 35 heavy (non-hydrogen) atoms. The Balaban J connectivity index is 1.89. The molecule has 0 aromatic heterocycles. The molecule has 1 atom stereocenters. The normalized spacial score (nSPS) is 11.6. The molecule has 0 aliphatic carbocycles. The third-order valence-electron chi connectivity index (χ3n) is 5.15. The van der Waals surface area contributed by atoms with Crippen molar-refractivity contribution in [2.75, 3.05) is 43.1 Å². The Morgan fingerprint density at radius 1 is 1.06 bits per heavy atom. The maximum absolute atomic E-state index is 12.9. The predicted molar refractivity (Wildman–Crippen MR) is 146 cm³/mol. The van der Waals surface area contributed by atoms with Gasteiger partial charge < -0.3 is 24.8 Å². The Labute approximate surface area is 220 Å². The van der Waals surface area contributed by atoms with E-state index in [2.05, 4.69) is 28.2 Å². The summed E-state index contributed by atoms with van der Waals surface area (Å²) < 4.78 is 12.1. The summed E-state index contributed by atoms with van der Waals surface area (Å²) in [5.74, 6) is 1.66. The van der Waals surface area contributed by atoms with Gasteiger partial charge in [0.2, 0.25) is 0 Å². The van der Waals surface area contributed by atoms with Crippen LogP contribution in [0.1, 0.15) is 32.3 Å². The lowest BCUT2D eigenvalue weighted by Gasteiger charge is -2.23. The molecule has 2 aromatic rings. The molecular weight excluding hydrogens is 532 g/mol. The number of urea groups is 1. The predicted octanol–water partition coefficient (Wildman–Crippen LogP) is 5.93. The second-order valence-corrected chi connectivity index (χ2v) is 10.0. The first kappa shape index (κ1) is 29.0. The number of rotatable bonds is 16. The van der Waals surface area contributed by atoms with E-state index < -0.39 is 12.1 Å². The molecule has 0 bridgehead atoms. The molecule has 2 amide bonds. The van der Waals surface area contributed by atoms with Crippen molar-refractivity contribution in [3.63, 3.8) is 0 Å². The van der Waals surface area contributed by atoms with E-state index in [0.29, 0.717) is 38.5 Å². The first-order valence-corrected chi connectivity index (χ1v) is 13.8. The first-order valence-electron chi connectivity index (χ1n) is 11.9. The average Bonchev–Trinajstić information content (AvgIpc) is 2.84. The number of anilines is 1. The van der Waals surface area contributed by atoms with Crippen LogP contribution in [-0.2, 0) is 16.0 Å². The van der Waals surface area contributed by atoms with Gasteiger partial charge in [-0.25, -0.2) is 9.59 Å². The Kier molecular flexibility index (Phi) is 13.6. The van der Waals surface area contributed by atoms with Crippen LogP contribution in [0.25, 0.3) is 0 Å². The van der Waals surface area contributed by atoms with Crippen molar-refractivity contribution in [2.24, 2.45) is 0 Å². The van der Waals surface area contributed by atoms with Gasteiger partial charge in [-0.1, -0.05) is 41.4 Å². The van der Waals surface area contributed by atoms with Crippen molar-refractivity contribution in [1.82, 2.24) is 4.90 Å². The highest BCUT2D eigenvalue weighted by molar-refractivity contribution is 9.10. The fourth-order valence-corrected chi connectivity index (χ4v) is 4.51. The number of hydrogen-bond acceptors (Lipinski definition) is 5. The monoisotopic (exact) mass is 566 g/mol. The largest absolute Gasteiger partial charge is 0.492 e. The molecule has 0 saturated heterocycles. The average molecular weight is 568 g/mol.